The largest absolute Gasteiger partial charge is 0.407 e. The highest BCUT2D eigenvalue weighted by molar-refractivity contribution is 6.99. The molecule has 1 aliphatic heterocycles. The predicted octanol–water partition coefficient (Wildman–Crippen LogP) is 5.67. The molecule has 0 N–H and O–H groups in total. The molecule has 0 aliphatic carbocycles. The molecule has 33 heavy (non-hydrogen) atoms. The summed E-state index contributed by atoms with van der Waals surface area (Å²) < 4.78 is 13.1. The van der Waals surface area contributed by atoms with E-state index < -0.39 is 8.32 Å². The summed E-state index contributed by atoms with van der Waals surface area (Å²) in [5.74, 6) is 0.557. The van der Waals surface area contributed by atoms with Crippen LogP contribution >= 0.6 is 0 Å². The quantitative estimate of drug-likeness (QED) is 0.186. The van der Waals surface area contributed by atoms with Crippen molar-refractivity contribution in [3.05, 3.63) is 72.8 Å². The second-order valence-corrected chi connectivity index (χ2v) is 14.7. The van der Waals surface area contributed by atoms with E-state index in [0.29, 0.717) is 12.3 Å². The Labute approximate surface area is 201 Å². The number of hydrogen-bond acceptors (Lipinski definition) is 3. The lowest BCUT2D eigenvalue weighted by Gasteiger charge is -2.43. The number of aldehydes is 1. The highest BCUT2D eigenvalue weighted by atomic mass is 28.4. The molecule has 0 radical (unpaired) electrons. The topological polar surface area (TPSA) is 35.5 Å². The Kier molecular flexibility index (Phi) is 9.25. The molecule has 1 heterocycles. The van der Waals surface area contributed by atoms with Gasteiger partial charge in [-0.2, -0.15) is 0 Å². The molecule has 4 heteroatoms. The maximum atomic E-state index is 10.8. The second kappa shape index (κ2) is 11.9. The predicted molar refractivity (Wildman–Crippen MR) is 140 cm³/mol. The van der Waals surface area contributed by atoms with Crippen LogP contribution < -0.4 is 10.4 Å². The van der Waals surface area contributed by atoms with E-state index in [1.54, 1.807) is 0 Å². The van der Waals surface area contributed by atoms with Gasteiger partial charge in [-0.05, 0) is 47.0 Å². The Balaban J connectivity index is 1.65. The average molecular weight is 465 g/mol. The maximum Gasteiger partial charge on any atom is 0.261 e. The van der Waals surface area contributed by atoms with Crippen LogP contribution in [-0.2, 0) is 14.0 Å². The Morgan fingerprint density at radius 2 is 1.67 bits per heavy atom. The summed E-state index contributed by atoms with van der Waals surface area (Å²) in [7, 11) is -2.45. The molecule has 0 bridgehead atoms. The zero-order chi connectivity index (χ0) is 23.7. The van der Waals surface area contributed by atoms with Crippen molar-refractivity contribution in [2.24, 2.45) is 5.92 Å². The van der Waals surface area contributed by atoms with Crippen molar-refractivity contribution in [2.45, 2.75) is 77.0 Å². The van der Waals surface area contributed by atoms with Gasteiger partial charge < -0.3 is 14.0 Å². The van der Waals surface area contributed by atoms with Crippen molar-refractivity contribution in [1.29, 1.82) is 0 Å². The second-order valence-electron chi connectivity index (χ2n) is 10.4. The Morgan fingerprint density at radius 1 is 1.06 bits per heavy atom. The summed E-state index contributed by atoms with van der Waals surface area (Å²) in [6.45, 7) is 10.0. The van der Waals surface area contributed by atoms with Crippen LogP contribution in [0.15, 0.2) is 72.8 Å². The SMILES string of the molecule is CC(CCCO[Si](c1ccccc1)(c1ccccc1)C(C)(C)C)CC1CC=CC(CC=O)O1. The van der Waals surface area contributed by atoms with E-state index in [0.717, 1.165) is 38.6 Å². The van der Waals surface area contributed by atoms with Gasteiger partial charge in [0.25, 0.3) is 8.32 Å². The minimum atomic E-state index is -2.45. The standard InChI is InChI=1S/C29H40O3Si/c1-24(23-26-15-11-14-25(32-26)20-21-30)13-12-22-31-33(29(2,3)4,27-16-7-5-8-17-27)28-18-9-6-10-19-28/h5-11,14,16-19,21,24-26H,12-13,15,20,22-23H2,1-4H3. The molecule has 3 atom stereocenters. The van der Waals surface area contributed by atoms with Crippen LogP contribution in [0.1, 0.15) is 59.8 Å². The van der Waals surface area contributed by atoms with Gasteiger partial charge in [0.05, 0.1) is 12.2 Å². The van der Waals surface area contributed by atoms with Gasteiger partial charge in [0.15, 0.2) is 0 Å². The summed E-state index contributed by atoms with van der Waals surface area (Å²) in [5.41, 5.74) is 0. The first kappa shape index (κ1) is 25.6. The Hall–Kier alpha value is -2.01. The zero-order valence-corrected chi connectivity index (χ0v) is 21.7. The van der Waals surface area contributed by atoms with Gasteiger partial charge >= 0.3 is 0 Å². The highest BCUT2D eigenvalue weighted by Crippen LogP contribution is 2.37. The van der Waals surface area contributed by atoms with Crippen molar-refractivity contribution in [2.75, 3.05) is 6.61 Å². The number of carbonyl (C=O) groups excluding carboxylic acids is 1. The third-order valence-corrected chi connectivity index (χ3v) is 11.7. The fraction of sp³-hybridized carbons (Fsp3) is 0.483. The molecule has 178 valence electrons. The van der Waals surface area contributed by atoms with Gasteiger partial charge in [0.2, 0.25) is 0 Å². The molecule has 0 amide bonds. The van der Waals surface area contributed by atoms with E-state index in [9.17, 15) is 4.79 Å². The highest BCUT2D eigenvalue weighted by Gasteiger charge is 2.49. The first-order valence-corrected chi connectivity index (χ1v) is 14.3. The van der Waals surface area contributed by atoms with Gasteiger partial charge in [-0.3, -0.25) is 0 Å². The van der Waals surface area contributed by atoms with Crippen molar-refractivity contribution >= 4 is 25.0 Å². The lowest BCUT2D eigenvalue weighted by atomic mass is 9.95. The molecule has 0 aromatic heterocycles. The van der Waals surface area contributed by atoms with Gasteiger partial charge in [0.1, 0.15) is 6.29 Å². The van der Waals surface area contributed by atoms with Gasteiger partial charge in [-0.15, -0.1) is 0 Å². The van der Waals surface area contributed by atoms with Gasteiger partial charge in [-0.1, -0.05) is 101 Å². The number of rotatable bonds is 11. The minimum absolute atomic E-state index is 0.0111. The third-order valence-electron chi connectivity index (χ3n) is 6.69. The molecule has 0 saturated heterocycles. The maximum absolute atomic E-state index is 10.8. The Morgan fingerprint density at radius 3 is 2.21 bits per heavy atom. The van der Waals surface area contributed by atoms with E-state index >= 15 is 0 Å². The molecule has 0 fully saturated rings. The summed E-state index contributed by atoms with van der Waals surface area (Å²) in [6.07, 6.45) is 9.87. The first-order chi connectivity index (χ1) is 15.9. The van der Waals surface area contributed by atoms with Crippen LogP contribution in [0.2, 0.25) is 5.04 Å². The van der Waals surface area contributed by atoms with E-state index in [1.165, 1.54) is 10.4 Å². The van der Waals surface area contributed by atoms with Gasteiger partial charge in [-0.25, -0.2) is 0 Å². The third kappa shape index (κ3) is 6.53. The van der Waals surface area contributed by atoms with Crippen LogP contribution in [0.25, 0.3) is 0 Å². The normalized spacial score (nSPS) is 19.9. The van der Waals surface area contributed by atoms with Crippen molar-refractivity contribution < 1.29 is 14.0 Å². The average Bonchev–Trinajstić information content (AvgIpc) is 2.80. The van der Waals surface area contributed by atoms with Gasteiger partial charge in [0, 0.05) is 13.0 Å². The fourth-order valence-corrected chi connectivity index (χ4v) is 9.70. The zero-order valence-electron chi connectivity index (χ0n) is 20.7. The minimum Gasteiger partial charge on any atom is -0.407 e. The molecule has 1 aliphatic rings. The summed E-state index contributed by atoms with van der Waals surface area (Å²) in [6, 6.07) is 21.7. The molecule has 3 nitrogen and oxygen atoms in total. The molecular formula is C29H40O3Si. The van der Waals surface area contributed by atoms with Crippen LogP contribution in [0, 0.1) is 5.92 Å². The molecule has 2 aromatic rings. The molecule has 0 saturated carbocycles. The molecule has 2 aromatic carbocycles. The smallest absolute Gasteiger partial charge is 0.261 e. The fourth-order valence-electron chi connectivity index (χ4n) is 5.10. The van der Waals surface area contributed by atoms with E-state index in [4.69, 9.17) is 9.16 Å². The summed E-state index contributed by atoms with van der Waals surface area (Å²) in [5, 5.41) is 2.68. The lowest BCUT2D eigenvalue weighted by Crippen LogP contribution is -2.66. The van der Waals surface area contributed by atoms with E-state index in [1.807, 2.05) is 6.08 Å². The number of hydrogen-bond donors (Lipinski definition) is 0. The number of ether oxygens (including phenoxy) is 1. The van der Waals surface area contributed by atoms with Crippen LogP contribution in [0.4, 0.5) is 0 Å². The number of carbonyl (C=O) groups is 1. The van der Waals surface area contributed by atoms with Crippen molar-refractivity contribution in [1.82, 2.24) is 0 Å². The summed E-state index contributed by atoms with van der Waals surface area (Å²) >= 11 is 0. The molecule has 0 spiro atoms. The first-order valence-electron chi connectivity index (χ1n) is 12.4. The molecular weight excluding hydrogens is 424 g/mol. The van der Waals surface area contributed by atoms with E-state index in [2.05, 4.69) is 94.4 Å². The van der Waals surface area contributed by atoms with Crippen molar-refractivity contribution in [3.8, 4) is 0 Å². The van der Waals surface area contributed by atoms with Crippen LogP contribution in [-0.4, -0.2) is 33.4 Å². The lowest BCUT2D eigenvalue weighted by molar-refractivity contribution is -0.111. The van der Waals surface area contributed by atoms with Crippen LogP contribution in [0.5, 0.6) is 0 Å². The summed E-state index contributed by atoms with van der Waals surface area (Å²) in [4.78, 5) is 10.8. The molecule has 3 rings (SSSR count). The number of benzene rings is 2. The van der Waals surface area contributed by atoms with Crippen LogP contribution in [0.3, 0.4) is 0 Å². The van der Waals surface area contributed by atoms with Crippen molar-refractivity contribution in [3.63, 3.8) is 0 Å². The monoisotopic (exact) mass is 464 g/mol. The Bertz CT molecular complexity index is 833. The van der Waals surface area contributed by atoms with E-state index in [-0.39, 0.29) is 17.2 Å². The molecule has 3 unspecified atom stereocenters.